The van der Waals surface area contributed by atoms with Crippen LogP contribution in [-0.4, -0.2) is 20.1 Å². The van der Waals surface area contributed by atoms with E-state index in [2.05, 4.69) is 39.2 Å². The van der Waals surface area contributed by atoms with Crippen molar-refractivity contribution in [3.8, 4) is 0 Å². The van der Waals surface area contributed by atoms with E-state index in [1.807, 2.05) is 6.92 Å². The second kappa shape index (κ2) is 5.98. The lowest BCUT2D eigenvalue weighted by atomic mass is 9.83. The van der Waals surface area contributed by atoms with Crippen LogP contribution in [0.3, 0.4) is 0 Å². The summed E-state index contributed by atoms with van der Waals surface area (Å²) in [4.78, 5) is 0. The van der Waals surface area contributed by atoms with Gasteiger partial charge in [-0.25, -0.2) is 0 Å². The highest BCUT2D eigenvalue weighted by atomic mass is 28.4. The Morgan fingerprint density at radius 2 is 2.06 bits per heavy atom. The van der Waals surface area contributed by atoms with E-state index in [-0.39, 0.29) is 6.10 Å². The summed E-state index contributed by atoms with van der Waals surface area (Å²) >= 11 is 0. The SMILES string of the molecule is C=C(C)[C@H]1CC=C(C(O[Si](C)(C)C)C(C)=N)CC1. The molecule has 1 aliphatic carbocycles. The highest BCUT2D eigenvalue weighted by Crippen LogP contribution is 2.31. The van der Waals surface area contributed by atoms with Crippen molar-refractivity contribution < 1.29 is 4.43 Å². The van der Waals surface area contributed by atoms with Gasteiger partial charge in [0.15, 0.2) is 8.32 Å². The molecule has 2 atom stereocenters. The zero-order valence-electron chi connectivity index (χ0n) is 12.5. The lowest BCUT2D eigenvalue weighted by molar-refractivity contribution is 0.281. The van der Waals surface area contributed by atoms with E-state index in [1.54, 1.807) is 0 Å². The van der Waals surface area contributed by atoms with Gasteiger partial charge < -0.3 is 9.84 Å². The maximum Gasteiger partial charge on any atom is 0.185 e. The second-order valence-electron chi connectivity index (χ2n) is 6.39. The number of hydrogen-bond donors (Lipinski definition) is 1. The molecule has 1 rings (SSSR count). The Labute approximate surface area is 113 Å². The minimum atomic E-state index is -1.61. The summed E-state index contributed by atoms with van der Waals surface area (Å²) in [5, 5.41) is 7.94. The highest BCUT2D eigenvalue weighted by Gasteiger charge is 2.27. The average Bonchev–Trinajstić information content (AvgIpc) is 2.24. The van der Waals surface area contributed by atoms with E-state index in [0.717, 1.165) is 19.3 Å². The van der Waals surface area contributed by atoms with Crippen LogP contribution in [0.5, 0.6) is 0 Å². The normalized spacial score (nSPS) is 22.3. The fourth-order valence-electron chi connectivity index (χ4n) is 2.34. The van der Waals surface area contributed by atoms with Gasteiger partial charge in [0.1, 0.15) is 6.10 Å². The van der Waals surface area contributed by atoms with Crippen molar-refractivity contribution in [1.29, 1.82) is 5.41 Å². The van der Waals surface area contributed by atoms with Crippen molar-refractivity contribution >= 4 is 14.0 Å². The van der Waals surface area contributed by atoms with Gasteiger partial charge in [0.2, 0.25) is 0 Å². The van der Waals surface area contributed by atoms with Crippen LogP contribution in [0.2, 0.25) is 19.6 Å². The van der Waals surface area contributed by atoms with E-state index >= 15 is 0 Å². The van der Waals surface area contributed by atoms with Gasteiger partial charge in [0, 0.05) is 5.71 Å². The molecule has 3 heteroatoms. The van der Waals surface area contributed by atoms with Gasteiger partial charge in [0.25, 0.3) is 0 Å². The van der Waals surface area contributed by atoms with Crippen LogP contribution in [0.4, 0.5) is 0 Å². The summed E-state index contributed by atoms with van der Waals surface area (Å²) in [6, 6.07) is 0. The molecule has 0 aliphatic heterocycles. The molecule has 0 aromatic carbocycles. The Morgan fingerprint density at radius 3 is 2.39 bits per heavy atom. The summed E-state index contributed by atoms with van der Waals surface area (Å²) in [5.74, 6) is 0.618. The molecule has 0 fully saturated rings. The van der Waals surface area contributed by atoms with Crippen molar-refractivity contribution in [3.05, 3.63) is 23.8 Å². The zero-order valence-corrected chi connectivity index (χ0v) is 13.5. The third kappa shape index (κ3) is 4.54. The van der Waals surface area contributed by atoms with Gasteiger partial charge in [-0.3, -0.25) is 0 Å². The van der Waals surface area contributed by atoms with Gasteiger partial charge in [0.05, 0.1) is 0 Å². The molecular formula is C15H27NOSi. The number of rotatable bonds is 5. The largest absolute Gasteiger partial charge is 0.406 e. The Kier molecular flexibility index (Phi) is 5.11. The summed E-state index contributed by atoms with van der Waals surface area (Å²) in [5.41, 5.74) is 3.22. The molecule has 0 saturated heterocycles. The van der Waals surface area contributed by atoms with Gasteiger partial charge in [-0.15, -0.1) is 0 Å². The fourth-order valence-corrected chi connectivity index (χ4v) is 3.37. The third-order valence-corrected chi connectivity index (χ3v) is 4.29. The molecule has 0 radical (unpaired) electrons. The van der Waals surface area contributed by atoms with Crippen molar-refractivity contribution in [2.24, 2.45) is 5.92 Å². The predicted molar refractivity (Wildman–Crippen MR) is 81.9 cm³/mol. The van der Waals surface area contributed by atoms with Crippen molar-refractivity contribution in [3.63, 3.8) is 0 Å². The zero-order chi connectivity index (χ0) is 13.9. The molecule has 0 aromatic rings. The Balaban J connectivity index is 2.77. The average molecular weight is 265 g/mol. The van der Waals surface area contributed by atoms with E-state index in [1.165, 1.54) is 11.1 Å². The highest BCUT2D eigenvalue weighted by molar-refractivity contribution is 6.70. The maximum atomic E-state index is 7.94. The van der Waals surface area contributed by atoms with Crippen LogP contribution in [0.1, 0.15) is 33.1 Å². The molecule has 0 bridgehead atoms. The molecule has 102 valence electrons. The molecule has 0 aromatic heterocycles. The Morgan fingerprint density at radius 1 is 1.44 bits per heavy atom. The van der Waals surface area contributed by atoms with Gasteiger partial charge in [-0.1, -0.05) is 18.2 Å². The minimum Gasteiger partial charge on any atom is -0.406 e. The summed E-state index contributed by atoms with van der Waals surface area (Å²) in [7, 11) is -1.61. The predicted octanol–water partition coefficient (Wildman–Crippen LogP) is 4.55. The monoisotopic (exact) mass is 265 g/mol. The molecular weight excluding hydrogens is 238 g/mol. The van der Waals surface area contributed by atoms with Crippen LogP contribution < -0.4 is 0 Å². The molecule has 1 N–H and O–H groups in total. The van der Waals surface area contributed by atoms with Crippen LogP contribution in [0.25, 0.3) is 0 Å². The molecule has 0 spiro atoms. The number of allylic oxidation sites excluding steroid dienone is 2. The van der Waals surface area contributed by atoms with Crippen molar-refractivity contribution in [1.82, 2.24) is 0 Å². The van der Waals surface area contributed by atoms with Crippen LogP contribution >= 0.6 is 0 Å². The lowest BCUT2D eigenvalue weighted by Crippen LogP contribution is -2.37. The van der Waals surface area contributed by atoms with E-state index < -0.39 is 8.32 Å². The van der Waals surface area contributed by atoms with Crippen LogP contribution in [0.15, 0.2) is 23.8 Å². The molecule has 1 aliphatic rings. The third-order valence-electron chi connectivity index (χ3n) is 3.34. The molecule has 0 saturated carbocycles. The Hall–Kier alpha value is -0.673. The topological polar surface area (TPSA) is 33.1 Å². The van der Waals surface area contributed by atoms with E-state index in [9.17, 15) is 0 Å². The molecule has 0 amide bonds. The number of nitrogens with one attached hydrogen (secondary N) is 1. The summed E-state index contributed by atoms with van der Waals surface area (Å²) < 4.78 is 6.16. The first kappa shape index (κ1) is 15.4. The maximum absolute atomic E-state index is 7.94. The molecule has 1 unspecified atom stereocenters. The molecule has 2 nitrogen and oxygen atoms in total. The Bertz CT molecular complexity index is 365. The first-order valence-electron chi connectivity index (χ1n) is 6.78. The lowest BCUT2D eigenvalue weighted by Gasteiger charge is -2.31. The number of hydrogen-bond acceptors (Lipinski definition) is 2. The standard InChI is InChI=1S/C15H27NOSi/c1-11(2)13-7-9-14(10-8-13)15(12(3)16)17-18(4,5)6/h9,13,15-16H,1,7-8,10H2,2-6H3/t13-,15?/m0/s1. The van der Waals surface area contributed by atoms with Gasteiger partial charge in [-0.2, -0.15) is 0 Å². The molecule has 18 heavy (non-hydrogen) atoms. The van der Waals surface area contributed by atoms with Gasteiger partial charge in [-0.05, 0) is 64.2 Å². The van der Waals surface area contributed by atoms with E-state index in [4.69, 9.17) is 9.84 Å². The smallest absolute Gasteiger partial charge is 0.185 e. The quantitative estimate of drug-likeness (QED) is 0.441. The van der Waals surface area contributed by atoms with Crippen molar-refractivity contribution in [2.45, 2.75) is 58.9 Å². The summed E-state index contributed by atoms with van der Waals surface area (Å²) in [6.45, 7) is 14.6. The first-order valence-corrected chi connectivity index (χ1v) is 10.2. The first-order chi connectivity index (χ1) is 8.20. The fraction of sp³-hybridized carbons (Fsp3) is 0.667. The second-order valence-corrected chi connectivity index (χ2v) is 10.9. The van der Waals surface area contributed by atoms with Crippen LogP contribution in [-0.2, 0) is 4.43 Å². The van der Waals surface area contributed by atoms with E-state index in [0.29, 0.717) is 11.6 Å². The molecule has 0 heterocycles. The van der Waals surface area contributed by atoms with Gasteiger partial charge >= 0.3 is 0 Å². The summed E-state index contributed by atoms with van der Waals surface area (Å²) in [6.07, 6.45) is 5.46. The minimum absolute atomic E-state index is 0.0808. The van der Waals surface area contributed by atoms with Crippen LogP contribution in [0, 0.1) is 11.3 Å². The van der Waals surface area contributed by atoms with Crippen molar-refractivity contribution in [2.75, 3.05) is 0 Å².